The number of nitrogens with one attached hydrogen (secondary N) is 2. The van der Waals surface area contributed by atoms with E-state index in [9.17, 15) is 9.59 Å². The first kappa shape index (κ1) is 19.7. The number of hydrogen-bond donors (Lipinski definition) is 2. The van der Waals surface area contributed by atoms with Crippen LogP contribution in [0.25, 0.3) is 0 Å². The van der Waals surface area contributed by atoms with Crippen LogP contribution < -0.4 is 15.5 Å². The fraction of sp³-hybridized carbons (Fsp3) is 0.211. The van der Waals surface area contributed by atoms with Crippen molar-refractivity contribution in [1.29, 1.82) is 0 Å². The fourth-order valence-corrected chi connectivity index (χ4v) is 2.33. The van der Waals surface area contributed by atoms with Gasteiger partial charge in [0.05, 0.1) is 6.42 Å². The lowest BCUT2D eigenvalue weighted by Gasteiger charge is -2.08. The Morgan fingerprint density at radius 2 is 1.77 bits per heavy atom. The van der Waals surface area contributed by atoms with Crippen molar-refractivity contribution in [2.75, 3.05) is 11.9 Å². The second-order valence-corrected chi connectivity index (χ2v) is 6.58. The van der Waals surface area contributed by atoms with E-state index >= 15 is 0 Å². The number of hydrazone groups is 1. The molecule has 0 radical (unpaired) electrons. The molecule has 0 aliphatic rings. The van der Waals surface area contributed by atoms with Gasteiger partial charge in [-0.1, -0.05) is 34.1 Å². The summed E-state index contributed by atoms with van der Waals surface area (Å²) in [5.41, 5.74) is 4.52. The highest BCUT2D eigenvalue weighted by Crippen LogP contribution is 2.16. The van der Waals surface area contributed by atoms with Crippen molar-refractivity contribution in [3.05, 3.63) is 58.6 Å². The third kappa shape index (κ3) is 6.68. The molecule has 0 fully saturated rings. The van der Waals surface area contributed by atoms with Crippen LogP contribution in [-0.2, 0) is 9.59 Å². The lowest BCUT2D eigenvalue weighted by molar-refractivity contribution is -0.123. The molecule has 0 spiro atoms. The Hall–Kier alpha value is -2.67. The summed E-state index contributed by atoms with van der Waals surface area (Å²) in [6, 6.07) is 14.7. The van der Waals surface area contributed by atoms with Crippen LogP contribution >= 0.6 is 15.9 Å². The van der Waals surface area contributed by atoms with Crippen LogP contribution in [0.1, 0.15) is 18.9 Å². The first-order chi connectivity index (χ1) is 12.4. The highest BCUT2D eigenvalue weighted by molar-refractivity contribution is 9.10. The highest BCUT2D eigenvalue weighted by Gasteiger charge is 2.07. The number of para-hydroxylation sites is 1. The molecule has 2 aromatic carbocycles. The van der Waals surface area contributed by atoms with Crippen LogP contribution in [0.2, 0.25) is 0 Å². The minimum atomic E-state index is -0.388. The summed E-state index contributed by atoms with van der Waals surface area (Å²) >= 11 is 3.34. The predicted octanol–water partition coefficient (Wildman–Crippen LogP) is 3.66. The van der Waals surface area contributed by atoms with E-state index in [4.69, 9.17) is 4.74 Å². The minimum absolute atomic E-state index is 0.0784. The maximum Gasteiger partial charge on any atom is 0.277 e. The fourth-order valence-electron chi connectivity index (χ4n) is 2.06. The molecule has 7 heteroatoms. The molecule has 2 N–H and O–H groups in total. The first-order valence-corrected chi connectivity index (χ1v) is 8.79. The Bertz CT molecular complexity index is 804. The second kappa shape index (κ2) is 9.72. The Morgan fingerprint density at radius 3 is 2.46 bits per heavy atom. The molecular formula is C19H20BrN3O3. The molecule has 136 valence electrons. The van der Waals surface area contributed by atoms with Gasteiger partial charge in [0, 0.05) is 15.9 Å². The van der Waals surface area contributed by atoms with Gasteiger partial charge >= 0.3 is 0 Å². The highest BCUT2D eigenvalue weighted by atomic mass is 79.9. The van der Waals surface area contributed by atoms with Gasteiger partial charge in [-0.05, 0) is 49.7 Å². The largest absolute Gasteiger partial charge is 0.483 e. The number of carbonyl (C=O) groups excluding carboxylic acids is 2. The zero-order valence-corrected chi connectivity index (χ0v) is 16.2. The number of benzene rings is 2. The van der Waals surface area contributed by atoms with Crippen molar-refractivity contribution in [2.24, 2.45) is 5.10 Å². The molecular weight excluding hydrogens is 398 g/mol. The molecule has 2 amide bonds. The lowest BCUT2D eigenvalue weighted by Crippen LogP contribution is -2.26. The van der Waals surface area contributed by atoms with E-state index in [2.05, 4.69) is 31.8 Å². The molecule has 2 rings (SSSR count). The molecule has 0 aliphatic carbocycles. The summed E-state index contributed by atoms with van der Waals surface area (Å²) in [5, 5.41) is 6.69. The molecule has 0 heterocycles. The maximum absolute atomic E-state index is 12.0. The van der Waals surface area contributed by atoms with E-state index in [1.165, 1.54) is 0 Å². The second-order valence-electron chi connectivity index (χ2n) is 5.67. The number of rotatable bonds is 7. The summed E-state index contributed by atoms with van der Waals surface area (Å²) < 4.78 is 6.37. The molecule has 6 nitrogen and oxygen atoms in total. The number of ether oxygens (including phenoxy) is 1. The van der Waals surface area contributed by atoms with E-state index in [1.807, 2.05) is 37.3 Å². The number of anilines is 1. The van der Waals surface area contributed by atoms with Gasteiger partial charge in [-0.15, -0.1) is 0 Å². The van der Waals surface area contributed by atoms with Crippen molar-refractivity contribution in [2.45, 2.75) is 20.3 Å². The molecule has 0 atom stereocenters. The quantitative estimate of drug-likeness (QED) is 0.532. The third-order valence-corrected chi connectivity index (χ3v) is 3.90. The number of carbonyl (C=O) groups is 2. The molecule has 0 bridgehead atoms. The number of hydrogen-bond acceptors (Lipinski definition) is 4. The average Bonchev–Trinajstić information content (AvgIpc) is 2.61. The zero-order valence-electron chi connectivity index (χ0n) is 14.6. The van der Waals surface area contributed by atoms with Crippen LogP contribution in [0, 0.1) is 6.92 Å². The summed E-state index contributed by atoms with van der Waals surface area (Å²) in [6.45, 7) is 3.43. The van der Waals surface area contributed by atoms with Crippen molar-refractivity contribution in [3.63, 3.8) is 0 Å². The van der Waals surface area contributed by atoms with E-state index in [0.717, 1.165) is 10.0 Å². The normalized spacial score (nSPS) is 11.0. The monoisotopic (exact) mass is 417 g/mol. The Labute approximate surface area is 160 Å². The smallest absolute Gasteiger partial charge is 0.277 e. The summed E-state index contributed by atoms with van der Waals surface area (Å²) in [7, 11) is 0. The van der Waals surface area contributed by atoms with Crippen molar-refractivity contribution < 1.29 is 14.3 Å². The molecule has 0 aliphatic heterocycles. The SMILES string of the molecule is CC(CC(=O)Nc1ccc(Br)cc1)=NNC(=O)COc1ccccc1C. The van der Waals surface area contributed by atoms with Crippen LogP contribution in [0.15, 0.2) is 58.1 Å². The van der Waals surface area contributed by atoms with Gasteiger partial charge in [-0.2, -0.15) is 5.10 Å². The van der Waals surface area contributed by atoms with Gasteiger partial charge < -0.3 is 10.1 Å². The molecule has 26 heavy (non-hydrogen) atoms. The molecule has 0 saturated carbocycles. The van der Waals surface area contributed by atoms with Crippen molar-refractivity contribution >= 4 is 39.1 Å². The number of amides is 2. The minimum Gasteiger partial charge on any atom is -0.483 e. The van der Waals surface area contributed by atoms with E-state index in [1.54, 1.807) is 25.1 Å². The Morgan fingerprint density at radius 1 is 1.08 bits per heavy atom. The molecule has 0 saturated heterocycles. The van der Waals surface area contributed by atoms with Crippen LogP contribution in [0.3, 0.4) is 0 Å². The number of nitrogens with zero attached hydrogens (tertiary/aromatic N) is 1. The Kier molecular flexibility index (Phi) is 7.35. The van der Waals surface area contributed by atoms with Gasteiger partial charge in [0.2, 0.25) is 5.91 Å². The van der Waals surface area contributed by atoms with Gasteiger partial charge in [0.25, 0.3) is 5.91 Å². The summed E-state index contributed by atoms with van der Waals surface area (Å²) in [5.74, 6) is 0.0529. The number of aryl methyl sites for hydroxylation is 1. The Balaban J connectivity index is 1.76. The van der Waals surface area contributed by atoms with Crippen molar-refractivity contribution in [3.8, 4) is 5.75 Å². The van der Waals surface area contributed by atoms with Crippen LogP contribution in [-0.4, -0.2) is 24.1 Å². The maximum atomic E-state index is 12.0. The number of halogens is 1. The van der Waals surface area contributed by atoms with E-state index in [0.29, 0.717) is 17.1 Å². The van der Waals surface area contributed by atoms with Crippen LogP contribution in [0.4, 0.5) is 5.69 Å². The van der Waals surface area contributed by atoms with Gasteiger partial charge in [-0.3, -0.25) is 9.59 Å². The lowest BCUT2D eigenvalue weighted by atomic mass is 10.2. The summed E-state index contributed by atoms with van der Waals surface area (Å²) in [4.78, 5) is 23.8. The topological polar surface area (TPSA) is 79.8 Å². The first-order valence-electron chi connectivity index (χ1n) is 8.00. The standard InChI is InChI=1S/C19H20BrN3O3/c1-13-5-3-4-6-17(13)26-12-19(25)23-22-14(2)11-18(24)21-16-9-7-15(20)8-10-16/h3-10H,11-12H2,1-2H3,(H,21,24)(H,23,25). The predicted molar refractivity (Wildman–Crippen MR) is 105 cm³/mol. The summed E-state index contributed by atoms with van der Waals surface area (Å²) in [6.07, 6.45) is 0.0784. The van der Waals surface area contributed by atoms with E-state index in [-0.39, 0.29) is 24.8 Å². The van der Waals surface area contributed by atoms with Gasteiger partial charge in [-0.25, -0.2) is 5.43 Å². The molecule has 0 aromatic heterocycles. The van der Waals surface area contributed by atoms with Gasteiger partial charge in [0.1, 0.15) is 5.75 Å². The molecule has 0 unspecified atom stereocenters. The molecule has 2 aromatic rings. The van der Waals surface area contributed by atoms with Crippen LogP contribution in [0.5, 0.6) is 5.75 Å². The third-order valence-electron chi connectivity index (χ3n) is 3.37. The zero-order chi connectivity index (χ0) is 18.9. The van der Waals surface area contributed by atoms with E-state index < -0.39 is 0 Å². The van der Waals surface area contributed by atoms with Crippen molar-refractivity contribution in [1.82, 2.24) is 5.43 Å². The van der Waals surface area contributed by atoms with Gasteiger partial charge in [0.15, 0.2) is 6.61 Å². The average molecular weight is 418 g/mol.